The number of piperidine rings is 1. The minimum Gasteiger partial charge on any atom is -0.359 e. The maximum Gasteiger partial charge on any atom is 0.244 e. The Labute approximate surface area is 143 Å². The first-order valence-electron chi connectivity index (χ1n) is 8.85. The molecule has 0 spiro atoms. The molecule has 0 saturated carbocycles. The average Bonchev–Trinajstić information content (AvgIpc) is 3.07. The van der Waals surface area contributed by atoms with Gasteiger partial charge in [0, 0.05) is 25.7 Å². The smallest absolute Gasteiger partial charge is 0.244 e. The zero-order valence-corrected chi connectivity index (χ0v) is 15.0. The summed E-state index contributed by atoms with van der Waals surface area (Å²) in [7, 11) is 0. The van der Waals surface area contributed by atoms with Gasteiger partial charge in [0.2, 0.25) is 5.91 Å². The van der Waals surface area contributed by atoms with Gasteiger partial charge in [-0.2, -0.15) is 0 Å². The molecule has 1 saturated heterocycles. The van der Waals surface area contributed by atoms with Gasteiger partial charge in [0.15, 0.2) is 11.7 Å². The average molecular weight is 335 g/mol. The van der Waals surface area contributed by atoms with E-state index in [4.69, 9.17) is 4.52 Å². The van der Waals surface area contributed by atoms with E-state index in [2.05, 4.69) is 34.6 Å². The standard InChI is InChI=1S/C17H29N5O2/c1-4-18-17(19-11-14-10-15(13(2)3)21-24-14)20-12-16(23)22-8-6-5-7-9-22/h10,13H,4-9,11-12H2,1-3H3,(H2,18,19,20). The quantitative estimate of drug-likeness (QED) is 0.612. The van der Waals surface area contributed by atoms with Crippen LogP contribution in [0.1, 0.15) is 57.4 Å². The molecule has 0 bridgehead atoms. The third-order valence-electron chi connectivity index (χ3n) is 4.02. The first-order valence-corrected chi connectivity index (χ1v) is 8.85. The van der Waals surface area contributed by atoms with Crippen molar-refractivity contribution in [3.05, 3.63) is 17.5 Å². The van der Waals surface area contributed by atoms with E-state index in [0.717, 1.165) is 43.9 Å². The molecular formula is C17H29N5O2. The molecule has 1 aliphatic rings. The van der Waals surface area contributed by atoms with Gasteiger partial charge in [0.1, 0.15) is 6.54 Å². The van der Waals surface area contributed by atoms with E-state index in [0.29, 0.717) is 18.4 Å². The van der Waals surface area contributed by atoms with Gasteiger partial charge in [0.25, 0.3) is 0 Å². The van der Waals surface area contributed by atoms with Crippen LogP contribution in [0.15, 0.2) is 15.6 Å². The fourth-order valence-corrected chi connectivity index (χ4v) is 2.59. The molecule has 2 heterocycles. The van der Waals surface area contributed by atoms with Crippen LogP contribution in [-0.2, 0) is 11.3 Å². The highest BCUT2D eigenvalue weighted by Crippen LogP contribution is 2.13. The van der Waals surface area contributed by atoms with Crippen molar-refractivity contribution in [3.63, 3.8) is 0 Å². The second-order valence-electron chi connectivity index (χ2n) is 6.36. The normalized spacial score (nSPS) is 15.7. The highest BCUT2D eigenvalue weighted by molar-refractivity contribution is 5.84. The van der Waals surface area contributed by atoms with Crippen molar-refractivity contribution in [2.45, 2.75) is 52.5 Å². The highest BCUT2D eigenvalue weighted by Gasteiger charge is 2.16. The van der Waals surface area contributed by atoms with E-state index in [-0.39, 0.29) is 12.5 Å². The lowest BCUT2D eigenvalue weighted by molar-refractivity contribution is -0.130. The summed E-state index contributed by atoms with van der Waals surface area (Å²) < 4.78 is 5.30. The molecule has 0 aromatic carbocycles. The number of hydrogen-bond acceptors (Lipinski definition) is 4. The van der Waals surface area contributed by atoms with Gasteiger partial charge in [0.05, 0.1) is 12.2 Å². The molecule has 24 heavy (non-hydrogen) atoms. The lowest BCUT2D eigenvalue weighted by atomic mass is 10.1. The summed E-state index contributed by atoms with van der Waals surface area (Å²) in [5.74, 6) is 1.80. The minimum absolute atomic E-state index is 0.0914. The maximum absolute atomic E-state index is 12.2. The summed E-state index contributed by atoms with van der Waals surface area (Å²) in [5.41, 5.74) is 0.939. The fraction of sp³-hybridized carbons (Fsp3) is 0.706. The Hall–Kier alpha value is -2.05. The van der Waals surface area contributed by atoms with Crippen molar-refractivity contribution >= 4 is 11.9 Å². The van der Waals surface area contributed by atoms with Crippen LogP contribution in [0.5, 0.6) is 0 Å². The Morgan fingerprint density at radius 3 is 2.71 bits per heavy atom. The summed E-state index contributed by atoms with van der Waals surface area (Å²) in [6.45, 7) is 9.25. The molecule has 7 heteroatoms. The molecule has 0 radical (unpaired) electrons. The number of guanidine groups is 1. The maximum atomic E-state index is 12.2. The predicted octanol–water partition coefficient (Wildman–Crippen LogP) is 1.87. The number of hydrogen-bond donors (Lipinski definition) is 2. The molecule has 2 N–H and O–H groups in total. The third-order valence-corrected chi connectivity index (χ3v) is 4.02. The van der Waals surface area contributed by atoms with Gasteiger partial charge < -0.3 is 20.1 Å². The van der Waals surface area contributed by atoms with Crippen LogP contribution >= 0.6 is 0 Å². The number of carbonyl (C=O) groups excluding carboxylic acids is 1. The van der Waals surface area contributed by atoms with E-state index in [1.807, 2.05) is 17.9 Å². The number of rotatable bonds is 6. The van der Waals surface area contributed by atoms with Gasteiger partial charge >= 0.3 is 0 Å². The summed E-state index contributed by atoms with van der Waals surface area (Å²) in [5, 5.41) is 10.4. The van der Waals surface area contributed by atoms with Gasteiger partial charge in [-0.25, -0.2) is 4.99 Å². The lowest BCUT2D eigenvalue weighted by Gasteiger charge is -2.26. The Bertz CT molecular complexity index is 547. The van der Waals surface area contributed by atoms with Crippen molar-refractivity contribution in [1.82, 2.24) is 20.7 Å². The van der Waals surface area contributed by atoms with Crippen molar-refractivity contribution in [2.24, 2.45) is 4.99 Å². The summed E-state index contributed by atoms with van der Waals surface area (Å²) in [6, 6.07) is 1.94. The van der Waals surface area contributed by atoms with E-state index < -0.39 is 0 Å². The summed E-state index contributed by atoms with van der Waals surface area (Å²) in [4.78, 5) is 18.5. The molecule has 1 aromatic rings. The molecule has 0 aliphatic carbocycles. The number of carbonyl (C=O) groups is 1. The third kappa shape index (κ3) is 5.54. The lowest BCUT2D eigenvalue weighted by Crippen LogP contribution is -2.40. The zero-order valence-electron chi connectivity index (χ0n) is 15.0. The molecule has 0 atom stereocenters. The minimum atomic E-state index is 0.0914. The SMILES string of the molecule is CCNC(=NCC(=O)N1CCCCC1)NCc1cc(C(C)C)no1. The van der Waals surface area contributed by atoms with Crippen LogP contribution in [0.4, 0.5) is 0 Å². The number of likely N-dealkylation sites (tertiary alicyclic amines) is 1. The number of aromatic nitrogens is 1. The first kappa shape index (κ1) is 18.3. The van der Waals surface area contributed by atoms with Crippen LogP contribution in [0.25, 0.3) is 0 Å². The molecule has 134 valence electrons. The highest BCUT2D eigenvalue weighted by atomic mass is 16.5. The first-order chi connectivity index (χ1) is 11.6. The Balaban J connectivity index is 1.86. The van der Waals surface area contributed by atoms with Crippen LogP contribution < -0.4 is 10.6 Å². The van der Waals surface area contributed by atoms with Crippen molar-refractivity contribution in [2.75, 3.05) is 26.2 Å². The predicted molar refractivity (Wildman–Crippen MR) is 93.8 cm³/mol. The Kier molecular flexibility index (Phi) is 7.08. The number of nitrogens with one attached hydrogen (secondary N) is 2. The van der Waals surface area contributed by atoms with E-state index in [9.17, 15) is 4.79 Å². The van der Waals surface area contributed by atoms with Crippen molar-refractivity contribution in [3.8, 4) is 0 Å². The monoisotopic (exact) mass is 335 g/mol. The van der Waals surface area contributed by atoms with Crippen LogP contribution in [-0.4, -0.2) is 48.1 Å². The molecule has 0 unspecified atom stereocenters. The van der Waals surface area contributed by atoms with Gasteiger partial charge in [-0.05, 0) is 32.1 Å². The second-order valence-corrected chi connectivity index (χ2v) is 6.36. The second kappa shape index (κ2) is 9.30. The largest absolute Gasteiger partial charge is 0.359 e. The zero-order chi connectivity index (χ0) is 17.4. The van der Waals surface area contributed by atoms with E-state index in [1.54, 1.807) is 0 Å². The van der Waals surface area contributed by atoms with Crippen LogP contribution in [0.3, 0.4) is 0 Å². The number of aliphatic imine (C=N–C) groups is 1. The molecule has 7 nitrogen and oxygen atoms in total. The van der Waals surface area contributed by atoms with Crippen molar-refractivity contribution < 1.29 is 9.32 Å². The number of amides is 1. The molecule has 1 amide bonds. The summed E-state index contributed by atoms with van der Waals surface area (Å²) in [6.07, 6.45) is 3.40. The van der Waals surface area contributed by atoms with E-state index >= 15 is 0 Å². The van der Waals surface area contributed by atoms with Gasteiger partial charge in [-0.15, -0.1) is 0 Å². The topological polar surface area (TPSA) is 82.8 Å². The Morgan fingerprint density at radius 2 is 2.08 bits per heavy atom. The molecular weight excluding hydrogens is 306 g/mol. The number of nitrogens with zero attached hydrogens (tertiary/aromatic N) is 3. The fourth-order valence-electron chi connectivity index (χ4n) is 2.59. The molecule has 1 fully saturated rings. The molecule has 1 aromatic heterocycles. The van der Waals surface area contributed by atoms with Crippen molar-refractivity contribution in [1.29, 1.82) is 0 Å². The summed E-state index contributed by atoms with van der Waals surface area (Å²) >= 11 is 0. The van der Waals surface area contributed by atoms with E-state index in [1.165, 1.54) is 6.42 Å². The molecule has 2 rings (SSSR count). The molecule has 1 aliphatic heterocycles. The van der Waals surface area contributed by atoms with Gasteiger partial charge in [-0.3, -0.25) is 4.79 Å². The Morgan fingerprint density at radius 1 is 1.33 bits per heavy atom. The van der Waals surface area contributed by atoms with Crippen LogP contribution in [0, 0.1) is 0 Å². The van der Waals surface area contributed by atoms with Gasteiger partial charge in [-0.1, -0.05) is 19.0 Å². The van der Waals surface area contributed by atoms with Crippen LogP contribution in [0.2, 0.25) is 0 Å².